The van der Waals surface area contributed by atoms with Gasteiger partial charge in [0.2, 0.25) is 0 Å². The van der Waals surface area contributed by atoms with Gasteiger partial charge in [0, 0.05) is 0 Å². The van der Waals surface area contributed by atoms with Gasteiger partial charge in [0.1, 0.15) is 17.4 Å². The summed E-state index contributed by atoms with van der Waals surface area (Å²) in [5, 5.41) is 12.4. The zero-order valence-corrected chi connectivity index (χ0v) is 13.7. The summed E-state index contributed by atoms with van der Waals surface area (Å²) >= 11 is 12.0. The van der Waals surface area contributed by atoms with Crippen molar-refractivity contribution in [3.63, 3.8) is 0 Å². The fourth-order valence-corrected chi connectivity index (χ4v) is 2.34. The molecule has 0 fully saturated rings. The second-order valence-corrected chi connectivity index (χ2v) is 5.31. The lowest BCUT2D eigenvalue weighted by Crippen LogP contribution is -2.14. The number of methoxy groups -OCH3 is 1. The molecule has 0 unspecified atom stereocenters. The van der Waals surface area contributed by atoms with E-state index in [1.807, 2.05) is 6.07 Å². The highest BCUT2D eigenvalue weighted by atomic mass is 35.5. The van der Waals surface area contributed by atoms with Gasteiger partial charge >= 0.3 is 0 Å². The third-order valence-electron chi connectivity index (χ3n) is 2.97. The Balaban J connectivity index is 2.28. The van der Waals surface area contributed by atoms with Crippen molar-refractivity contribution in [2.45, 2.75) is 0 Å². The van der Waals surface area contributed by atoms with Crippen LogP contribution in [0, 0.1) is 11.3 Å². The van der Waals surface area contributed by atoms with Crippen LogP contribution in [0.5, 0.6) is 5.75 Å². The average Bonchev–Trinajstić information content (AvgIpc) is 2.56. The number of anilines is 1. The van der Waals surface area contributed by atoms with E-state index in [1.165, 1.54) is 6.08 Å². The number of ether oxygens (including phenoxy) is 1. The van der Waals surface area contributed by atoms with E-state index in [-0.39, 0.29) is 11.3 Å². The summed E-state index contributed by atoms with van der Waals surface area (Å²) in [5.41, 5.74) is 0.864. The summed E-state index contributed by atoms with van der Waals surface area (Å²) in [5.74, 6) is 0.0379. The number of nitrogens with zero attached hydrogens (tertiary/aromatic N) is 1. The van der Waals surface area contributed by atoms with Crippen molar-refractivity contribution in [1.29, 1.82) is 5.26 Å². The molecule has 0 aliphatic carbocycles. The van der Waals surface area contributed by atoms with Crippen molar-refractivity contribution in [3.8, 4) is 11.8 Å². The van der Waals surface area contributed by atoms with Crippen LogP contribution in [0.3, 0.4) is 0 Å². The van der Waals surface area contributed by atoms with Gasteiger partial charge in [0.05, 0.1) is 22.8 Å². The fourth-order valence-electron chi connectivity index (χ4n) is 1.84. The molecule has 6 heteroatoms. The fraction of sp³-hybridized carbons (Fsp3) is 0.0588. The van der Waals surface area contributed by atoms with Gasteiger partial charge in [-0.05, 0) is 35.9 Å². The molecule has 0 spiro atoms. The first-order valence-corrected chi connectivity index (χ1v) is 7.32. The Morgan fingerprint density at radius 2 is 1.87 bits per heavy atom. The Hall–Kier alpha value is -2.48. The SMILES string of the molecule is COc1cccc(/C=C(\C#N)C(=O)Nc2c(Cl)cccc2Cl)c1. The van der Waals surface area contributed by atoms with E-state index in [9.17, 15) is 10.1 Å². The largest absolute Gasteiger partial charge is 0.497 e. The molecule has 1 amide bonds. The van der Waals surface area contributed by atoms with Crippen molar-refractivity contribution in [1.82, 2.24) is 0 Å². The van der Waals surface area contributed by atoms with E-state index in [1.54, 1.807) is 49.6 Å². The number of nitriles is 1. The van der Waals surface area contributed by atoms with Gasteiger partial charge in [-0.15, -0.1) is 0 Å². The van der Waals surface area contributed by atoms with Crippen molar-refractivity contribution >= 4 is 40.9 Å². The van der Waals surface area contributed by atoms with Crippen molar-refractivity contribution in [2.75, 3.05) is 12.4 Å². The minimum absolute atomic E-state index is 0.0748. The predicted octanol–water partition coefficient (Wildman–Crippen LogP) is 4.55. The maximum atomic E-state index is 12.3. The topological polar surface area (TPSA) is 62.1 Å². The van der Waals surface area contributed by atoms with Crippen LogP contribution < -0.4 is 10.1 Å². The Morgan fingerprint density at radius 1 is 1.22 bits per heavy atom. The molecule has 1 N–H and O–H groups in total. The molecule has 0 saturated carbocycles. The first-order valence-electron chi connectivity index (χ1n) is 6.56. The Morgan fingerprint density at radius 3 is 2.48 bits per heavy atom. The standard InChI is InChI=1S/C17H12Cl2N2O2/c1-23-13-5-2-4-11(9-13)8-12(10-20)17(22)21-16-14(18)6-3-7-15(16)19/h2-9H,1H3,(H,21,22)/b12-8+. The maximum Gasteiger partial charge on any atom is 0.266 e. The number of rotatable bonds is 4. The molecule has 23 heavy (non-hydrogen) atoms. The van der Waals surface area contributed by atoms with E-state index in [0.29, 0.717) is 21.4 Å². The van der Waals surface area contributed by atoms with E-state index >= 15 is 0 Å². The zero-order chi connectivity index (χ0) is 16.8. The lowest BCUT2D eigenvalue weighted by atomic mass is 10.1. The molecule has 4 nitrogen and oxygen atoms in total. The van der Waals surface area contributed by atoms with E-state index < -0.39 is 5.91 Å². The van der Waals surface area contributed by atoms with Gasteiger partial charge in [-0.25, -0.2) is 0 Å². The molecule has 0 aliphatic rings. The molecule has 0 atom stereocenters. The number of benzene rings is 2. The van der Waals surface area contributed by atoms with Crippen molar-refractivity contribution in [3.05, 3.63) is 63.6 Å². The van der Waals surface area contributed by atoms with Gasteiger partial charge in [-0.1, -0.05) is 41.4 Å². The second kappa shape index (κ2) is 7.68. The summed E-state index contributed by atoms with van der Waals surface area (Å²) in [6, 6.07) is 13.7. The molecule has 0 heterocycles. The molecular formula is C17H12Cl2N2O2. The van der Waals surface area contributed by atoms with Gasteiger partial charge in [-0.2, -0.15) is 5.26 Å². The first-order chi connectivity index (χ1) is 11.0. The van der Waals surface area contributed by atoms with Gasteiger partial charge in [0.15, 0.2) is 0 Å². The third kappa shape index (κ3) is 4.26. The molecule has 2 rings (SSSR count). The van der Waals surface area contributed by atoms with Crippen LogP contribution in [0.1, 0.15) is 5.56 Å². The van der Waals surface area contributed by atoms with Gasteiger partial charge in [0.25, 0.3) is 5.91 Å². The van der Waals surface area contributed by atoms with Crippen LogP contribution in [0.2, 0.25) is 10.0 Å². The normalized spacial score (nSPS) is 10.8. The molecular weight excluding hydrogens is 335 g/mol. The van der Waals surface area contributed by atoms with E-state index in [2.05, 4.69) is 5.32 Å². The number of halogens is 2. The minimum atomic E-state index is -0.592. The number of carbonyl (C=O) groups excluding carboxylic acids is 1. The highest BCUT2D eigenvalue weighted by Gasteiger charge is 2.13. The van der Waals surface area contributed by atoms with Crippen LogP contribution in [-0.4, -0.2) is 13.0 Å². The zero-order valence-electron chi connectivity index (χ0n) is 12.1. The number of hydrogen-bond acceptors (Lipinski definition) is 3. The highest BCUT2D eigenvalue weighted by Crippen LogP contribution is 2.30. The third-order valence-corrected chi connectivity index (χ3v) is 3.60. The quantitative estimate of drug-likeness (QED) is 0.652. The average molecular weight is 347 g/mol. The molecule has 0 saturated heterocycles. The maximum absolute atomic E-state index is 12.3. The number of carbonyl (C=O) groups is 1. The minimum Gasteiger partial charge on any atom is -0.497 e. The van der Waals surface area contributed by atoms with Crippen LogP contribution >= 0.6 is 23.2 Å². The number of nitrogens with one attached hydrogen (secondary N) is 1. The smallest absolute Gasteiger partial charge is 0.266 e. The second-order valence-electron chi connectivity index (χ2n) is 4.50. The Labute approximate surface area is 143 Å². The van der Waals surface area contributed by atoms with Crippen LogP contribution in [0.4, 0.5) is 5.69 Å². The van der Waals surface area contributed by atoms with Crippen molar-refractivity contribution in [2.24, 2.45) is 0 Å². The predicted molar refractivity (Wildman–Crippen MR) is 91.7 cm³/mol. The van der Waals surface area contributed by atoms with Crippen molar-refractivity contribution < 1.29 is 9.53 Å². The number of amides is 1. The molecule has 0 bridgehead atoms. The van der Waals surface area contributed by atoms with Crippen LogP contribution in [-0.2, 0) is 4.79 Å². The molecule has 0 radical (unpaired) electrons. The Bertz CT molecular complexity index is 790. The monoisotopic (exact) mass is 346 g/mol. The Kier molecular flexibility index (Phi) is 5.64. The summed E-state index contributed by atoms with van der Waals surface area (Å²) in [7, 11) is 1.54. The van der Waals surface area contributed by atoms with Gasteiger partial charge < -0.3 is 10.1 Å². The molecule has 0 aliphatic heterocycles. The summed E-state index contributed by atoms with van der Waals surface area (Å²) < 4.78 is 5.11. The lowest BCUT2D eigenvalue weighted by molar-refractivity contribution is -0.112. The first kappa shape index (κ1) is 16.9. The van der Waals surface area contributed by atoms with Crippen LogP contribution in [0.15, 0.2) is 48.0 Å². The highest BCUT2D eigenvalue weighted by molar-refractivity contribution is 6.40. The van der Waals surface area contributed by atoms with Crippen LogP contribution in [0.25, 0.3) is 6.08 Å². The van der Waals surface area contributed by atoms with Gasteiger partial charge in [-0.3, -0.25) is 4.79 Å². The molecule has 2 aromatic carbocycles. The molecule has 0 aromatic heterocycles. The number of hydrogen-bond donors (Lipinski definition) is 1. The molecule has 116 valence electrons. The van der Waals surface area contributed by atoms with E-state index in [4.69, 9.17) is 27.9 Å². The van der Waals surface area contributed by atoms with E-state index in [0.717, 1.165) is 0 Å². The summed E-state index contributed by atoms with van der Waals surface area (Å²) in [6.07, 6.45) is 1.46. The number of para-hydroxylation sites is 1. The lowest BCUT2D eigenvalue weighted by Gasteiger charge is -2.08. The summed E-state index contributed by atoms with van der Waals surface area (Å²) in [6.45, 7) is 0. The summed E-state index contributed by atoms with van der Waals surface area (Å²) in [4.78, 5) is 12.3. The molecule has 2 aromatic rings.